The van der Waals surface area contributed by atoms with E-state index in [1.54, 1.807) is 0 Å². The molecule has 0 radical (unpaired) electrons. The van der Waals surface area contributed by atoms with Crippen molar-refractivity contribution < 1.29 is 9.90 Å². The summed E-state index contributed by atoms with van der Waals surface area (Å²) in [7, 11) is 0. The van der Waals surface area contributed by atoms with Gasteiger partial charge in [0.15, 0.2) is 0 Å². The quantitative estimate of drug-likeness (QED) is 0.606. The smallest absolute Gasteiger partial charge is 0.306 e. The van der Waals surface area contributed by atoms with Gasteiger partial charge in [-0.3, -0.25) is 4.79 Å². The predicted octanol–water partition coefficient (Wildman–Crippen LogP) is 3.46. The van der Waals surface area contributed by atoms with E-state index < -0.39 is 5.97 Å². The highest BCUT2D eigenvalue weighted by atomic mass is 16.4. The molecule has 2 atom stereocenters. The van der Waals surface area contributed by atoms with Crippen molar-refractivity contribution in [2.75, 3.05) is 0 Å². The molecule has 0 aromatic carbocycles. The van der Waals surface area contributed by atoms with Crippen LogP contribution in [-0.4, -0.2) is 11.1 Å². The minimum Gasteiger partial charge on any atom is -0.481 e. The Morgan fingerprint density at radius 1 is 1.21 bits per heavy atom. The fraction of sp³-hybridized carbons (Fsp3) is 0.917. The fourth-order valence-electron chi connectivity index (χ4n) is 2.06. The molecular formula is C12H22O2. The van der Waals surface area contributed by atoms with E-state index in [2.05, 4.69) is 6.92 Å². The molecule has 1 unspecified atom stereocenters. The zero-order valence-electron chi connectivity index (χ0n) is 9.17. The number of carboxylic acid groups (broad SMARTS) is 1. The summed E-state index contributed by atoms with van der Waals surface area (Å²) >= 11 is 0. The number of unbranched alkanes of at least 4 members (excludes halogenated alkanes) is 5. The van der Waals surface area contributed by atoms with Gasteiger partial charge in [0.2, 0.25) is 0 Å². The topological polar surface area (TPSA) is 37.3 Å². The SMILES string of the molecule is CCCCCCCC[C@H]1CC1C(=O)O. The highest BCUT2D eigenvalue weighted by molar-refractivity contribution is 5.73. The lowest BCUT2D eigenvalue weighted by molar-refractivity contribution is -0.138. The van der Waals surface area contributed by atoms with E-state index in [0.29, 0.717) is 5.92 Å². The van der Waals surface area contributed by atoms with Crippen molar-refractivity contribution in [3.05, 3.63) is 0 Å². The van der Waals surface area contributed by atoms with Crippen molar-refractivity contribution in [3.8, 4) is 0 Å². The molecule has 14 heavy (non-hydrogen) atoms. The maximum absolute atomic E-state index is 10.5. The Hall–Kier alpha value is -0.530. The molecule has 1 saturated carbocycles. The van der Waals surface area contributed by atoms with E-state index in [4.69, 9.17) is 5.11 Å². The average Bonchev–Trinajstić information content (AvgIpc) is 2.90. The summed E-state index contributed by atoms with van der Waals surface area (Å²) in [4.78, 5) is 10.5. The number of hydrogen-bond acceptors (Lipinski definition) is 1. The molecule has 1 aliphatic rings. The van der Waals surface area contributed by atoms with E-state index in [1.165, 1.54) is 38.5 Å². The minimum absolute atomic E-state index is 0.00522. The zero-order chi connectivity index (χ0) is 10.4. The maximum atomic E-state index is 10.5. The van der Waals surface area contributed by atoms with Gasteiger partial charge in [-0.2, -0.15) is 0 Å². The van der Waals surface area contributed by atoms with Crippen LogP contribution in [0.25, 0.3) is 0 Å². The lowest BCUT2D eigenvalue weighted by Crippen LogP contribution is -1.99. The summed E-state index contributed by atoms with van der Waals surface area (Å²) < 4.78 is 0. The zero-order valence-corrected chi connectivity index (χ0v) is 9.17. The van der Waals surface area contributed by atoms with E-state index in [9.17, 15) is 4.79 Å². The Bertz CT molecular complexity index is 177. The van der Waals surface area contributed by atoms with Crippen LogP contribution in [0.15, 0.2) is 0 Å². The largest absolute Gasteiger partial charge is 0.481 e. The second-order valence-electron chi connectivity index (χ2n) is 4.50. The van der Waals surface area contributed by atoms with Gasteiger partial charge in [-0.05, 0) is 18.8 Å². The van der Waals surface area contributed by atoms with Crippen LogP contribution in [-0.2, 0) is 4.79 Å². The molecule has 0 aliphatic heterocycles. The highest BCUT2D eigenvalue weighted by Gasteiger charge is 2.42. The van der Waals surface area contributed by atoms with Crippen LogP contribution in [0.4, 0.5) is 0 Å². The Morgan fingerprint density at radius 3 is 2.43 bits per heavy atom. The first-order valence-corrected chi connectivity index (χ1v) is 5.98. The van der Waals surface area contributed by atoms with Crippen molar-refractivity contribution in [1.82, 2.24) is 0 Å². The lowest BCUT2D eigenvalue weighted by Gasteiger charge is -1.99. The molecule has 0 aromatic rings. The van der Waals surface area contributed by atoms with Crippen molar-refractivity contribution in [3.63, 3.8) is 0 Å². The lowest BCUT2D eigenvalue weighted by atomic mass is 10.1. The van der Waals surface area contributed by atoms with E-state index in [1.807, 2.05) is 0 Å². The average molecular weight is 198 g/mol. The summed E-state index contributed by atoms with van der Waals surface area (Å²) in [6.45, 7) is 2.22. The van der Waals surface area contributed by atoms with E-state index in [0.717, 1.165) is 12.8 Å². The molecule has 2 nitrogen and oxygen atoms in total. The van der Waals surface area contributed by atoms with Crippen LogP contribution >= 0.6 is 0 Å². The van der Waals surface area contributed by atoms with Gasteiger partial charge in [0.25, 0.3) is 0 Å². The molecular weight excluding hydrogens is 176 g/mol. The number of carbonyl (C=O) groups is 1. The molecule has 1 rings (SSSR count). The second-order valence-corrected chi connectivity index (χ2v) is 4.50. The van der Waals surface area contributed by atoms with Crippen molar-refractivity contribution in [2.24, 2.45) is 11.8 Å². The summed E-state index contributed by atoms with van der Waals surface area (Å²) in [6, 6.07) is 0. The highest BCUT2D eigenvalue weighted by Crippen LogP contribution is 2.42. The molecule has 1 aliphatic carbocycles. The molecule has 0 spiro atoms. The van der Waals surface area contributed by atoms with E-state index in [-0.39, 0.29) is 5.92 Å². The van der Waals surface area contributed by atoms with Gasteiger partial charge in [-0.15, -0.1) is 0 Å². The Morgan fingerprint density at radius 2 is 1.86 bits per heavy atom. The molecule has 0 amide bonds. The molecule has 0 aromatic heterocycles. The van der Waals surface area contributed by atoms with Gasteiger partial charge >= 0.3 is 5.97 Å². The molecule has 82 valence electrons. The monoisotopic (exact) mass is 198 g/mol. The van der Waals surface area contributed by atoms with Gasteiger partial charge in [0.1, 0.15) is 0 Å². The van der Waals surface area contributed by atoms with Crippen LogP contribution in [0.1, 0.15) is 58.3 Å². The fourth-order valence-corrected chi connectivity index (χ4v) is 2.06. The van der Waals surface area contributed by atoms with Crippen molar-refractivity contribution >= 4 is 5.97 Å². The number of hydrogen-bond donors (Lipinski definition) is 1. The third-order valence-electron chi connectivity index (χ3n) is 3.17. The first-order valence-electron chi connectivity index (χ1n) is 5.98. The first kappa shape index (κ1) is 11.5. The molecule has 0 saturated heterocycles. The number of aliphatic carboxylic acids is 1. The molecule has 1 N–H and O–H groups in total. The standard InChI is InChI=1S/C12H22O2/c1-2-3-4-5-6-7-8-10-9-11(10)12(13)14/h10-11H,2-9H2,1H3,(H,13,14)/t10-,11?/m0/s1. The molecule has 1 fully saturated rings. The van der Waals surface area contributed by atoms with Crippen molar-refractivity contribution in [1.29, 1.82) is 0 Å². The third kappa shape index (κ3) is 4.12. The molecule has 0 heterocycles. The van der Waals surface area contributed by atoms with Gasteiger partial charge in [-0.1, -0.05) is 45.4 Å². The van der Waals surface area contributed by atoms with E-state index >= 15 is 0 Å². The van der Waals surface area contributed by atoms with Crippen molar-refractivity contribution in [2.45, 2.75) is 58.3 Å². The van der Waals surface area contributed by atoms with Crippen LogP contribution in [0.2, 0.25) is 0 Å². The summed E-state index contributed by atoms with van der Waals surface area (Å²) in [5.41, 5.74) is 0. The van der Waals surface area contributed by atoms with Gasteiger partial charge < -0.3 is 5.11 Å². The first-order chi connectivity index (χ1) is 6.75. The second kappa shape index (κ2) is 6.05. The summed E-state index contributed by atoms with van der Waals surface area (Å²) in [5, 5.41) is 8.70. The van der Waals surface area contributed by atoms with Crippen LogP contribution in [0, 0.1) is 11.8 Å². The molecule has 2 heteroatoms. The Balaban J connectivity index is 1.84. The van der Waals surface area contributed by atoms with Crippen LogP contribution in [0.3, 0.4) is 0 Å². The number of rotatable bonds is 8. The van der Waals surface area contributed by atoms with Crippen LogP contribution in [0.5, 0.6) is 0 Å². The van der Waals surface area contributed by atoms with Crippen LogP contribution < -0.4 is 0 Å². The molecule has 0 bridgehead atoms. The summed E-state index contributed by atoms with van der Waals surface area (Å²) in [6.07, 6.45) is 9.93. The normalized spacial score (nSPS) is 24.9. The number of carboxylic acids is 1. The maximum Gasteiger partial charge on any atom is 0.306 e. The third-order valence-corrected chi connectivity index (χ3v) is 3.17. The Kier molecular flexibility index (Phi) is 4.99. The summed E-state index contributed by atoms with van der Waals surface area (Å²) in [5.74, 6) is -0.0645. The van der Waals surface area contributed by atoms with Gasteiger partial charge in [0, 0.05) is 0 Å². The minimum atomic E-state index is -0.582. The van der Waals surface area contributed by atoms with Gasteiger partial charge in [-0.25, -0.2) is 0 Å². The Labute approximate surface area is 86.7 Å². The van der Waals surface area contributed by atoms with Gasteiger partial charge in [0.05, 0.1) is 5.92 Å². The predicted molar refractivity (Wildman–Crippen MR) is 57.2 cm³/mol.